The third-order valence-corrected chi connectivity index (χ3v) is 6.18. The van der Waals surface area contributed by atoms with Crippen LogP contribution in [0, 0.1) is 5.41 Å². The Labute approximate surface area is 112 Å². The summed E-state index contributed by atoms with van der Waals surface area (Å²) in [6.45, 7) is 9.66. The molecule has 0 saturated carbocycles. The van der Waals surface area contributed by atoms with E-state index in [4.69, 9.17) is 5.73 Å². The van der Waals surface area contributed by atoms with E-state index in [9.17, 15) is 8.42 Å². The molecule has 0 aromatic heterocycles. The molecule has 4 heteroatoms. The first-order valence-electron chi connectivity index (χ1n) is 6.60. The summed E-state index contributed by atoms with van der Waals surface area (Å²) < 4.78 is 23.5. The van der Waals surface area contributed by atoms with E-state index in [1.807, 2.05) is 0 Å². The van der Waals surface area contributed by atoms with Gasteiger partial charge in [-0.1, -0.05) is 25.5 Å². The van der Waals surface area contributed by atoms with Crippen LogP contribution in [0.15, 0.2) is 11.6 Å². The summed E-state index contributed by atoms with van der Waals surface area (Å²) in [5.74, 6) is 0.227. The lowest BCUT2D eigenvalue weighted by molar-refractivity contribution is 0.299. The topological polar surface area (TPSA) is 60.2 Å². The lowest BCUT2D eigenvalue weighted by Gasteiger charge is -2.33. The van der Waals surface area contributed by atoms with Crippen LogP contribution in [0.25, 0.3) is 0 Å². The smallest absolute Gasteiger partial charge is 0.155 e. The van der Waals surface area contributed by atoms with Crippen molar-refractivity contribution in [3.8, 4) is 0 Å². The molecule has 0 heterocycles. The monoisotopic (exact) mass is 273 g/mol. The minimum atomic E-state index is -3.03. The number of rotatable bonds is 3. The van der Waals surface area contributed by atoms with Gasteiger partial charge >= 0.3 is 0 Å². The van der Waals surface area contributed by atoms with Crippen molar-refractivity contribution in [2.45, 2.75) is 64.7 Å². The van der Waals surface area contributed by atoms with Gasteiger partial charge in [0.25, 0.3) is 0 Å². The highest BCUT2D eigenvalue weighted by Crippen LogP contribution is 2.36. The quantitative estimate of drug-likeness (QED) is 0.804. The fraction of sp³-hybridized carbons (Fsp3) is 0.857. The van der Waals surface area contributed by atoms with Gasteiger partial charge < -0.3 is 5.73 Å². The predicted molar refractivity (Wildman–Crippen MR) is 77.2 cm³/mol. The van der Waals surface area contributed by atoms with E-state index in [0.717, 1.165) is 12.8 Å². The summed E-state index contributed by atoms with van der Waals surface area (Å²) in [7, 11) is -3.03. The molecular formula is C14H27NO2S. The molecule has 0 aromatic rings. The molecule has 1 aliphatic carbocycles. The van der Waals surface area contributed by atoms with Crippen LogP contribution in [0.4, 0.5) is 0 Å². The van der Waals surface area contributed by atoms with Crippen LogP contribution >= 0.6 is 0 Å². The number of hydrogen-bond acceptors (Lipinski definition) is 3. The Morgan fingerprint density at radius 3 is 2.39 bits per heavy atom. The highest BCUT2D eigenvalue weighted by molar-refractivity contribution is 7.92. The molecule has 18 heavy (non-hydrogen) atoms. The second-order valence-corrected chi connectivity index (χ2v) is 10.1. The third kappa shape index (κ3) is 4.09. The van der Waals surface area contributed by atoms with Crippen molar-refractivity contribution < 1.29 is 8.42 Å². The molecule has 0 saturated heterocycles. The molecule has 0 aromatic carbocycles. The first-order chi connectivity index (χ1) is 7.93. The highest BCUT2D eigenvalue weighted by Gasteiger charge is 2.31. The van der Waals surface area contributed by atoms with Crippen molar-refractivity contribution in [1.82, 2.24) is 0 Å². The van der Waals surface area contributed by atoms with Crippen LogP contribution in [-0.4, -0.2) is 25.0 Å². The van der Waals surface area contributed by atoms with Crippen molar-refractivity contribution in [3.63, 3.8) is 0 Å². The van der Waals surface area contributed by atoms with Gasteiger partial charge in [-0.15, -0.1) is 0 Å². The summed E-state index contributed by atoms with van der Waals surface area (Å²) in [6.07, 6.45) is 4.61. The summed E-state index contributed by atoms with van der Waals surface area (Å²) in [5, 5.41) is 0. The second kappa shape index (κ2) is 4.97. The second-order valence-electron chi connectivity index (χ2n) is 7.22. The largest absolute Gasteiger partial charge is 0.324 e. The Balaban J connectivity index is 2.71. The minimum absolute atomic E-state index is 0.0705. The maximum Gasteiger partial charge on any atom is 0.155 e. The van der Waals surface area contributed by atoms with E-state index in [-0.39, 0.29) is 17.2 Å². The summed E-state index contributed by atoms with van der Waals surface area (Å²) in [6, 6.07) is 0.0705. The molecule has 1 atom stereocenters. The van der Waals surface area contributed by atoms with Gasteiger partial charge in [-0.05, 0) is 45.4 Å². The van der Waals surface area contributed by atoms with E-state index in [2.05, 4.69) is 19.9 Å². The Morgan fingerprint density at radius 1 is 1.39 bits per heavy atom. The molecule has 0 aliphatic heterocycles. The van der Waals surface area contributed by atoms with Gasteiger partial charge in [-0.3, -0.25) is 0 Å². The van der Waals surface area contributed by atoms with Gasteiger partial charge in [0.1, 0.15) is 0 Å². The van der Waals surface area contributed by atoms with Crippen molar-refractivity contribution >= 4 is 9.84 Å². The SMILES string of the molecule is CC1(C)CC(CCS(=O)(=O)C(C)(C)C)=CC(N)C1. The standard InChI is InChI=1S/C14H27NO2S/c1-13(2,3)18(16,17)7-6-11-8-12(15)10-14(4,5)9-11/h8,12H,6-7,9-10,15H2,1-5H3. The molecule has 0 radical (unpaired) electrons. The fourth-order valence-corrected chi connectivity index (χ4v) is 3.63. The molecule has 1 aliphatic rings. The van der Waals surface area contributed by atoms with Crippen LogP contribution in [-0.2, 0) is 9.84 Å². The predicted octanol–water partition coefficient (Wildman–Crippen LogP) is 2.66. The van der Waals surface area contributed by atoms with E-state index in [1.54, 1.807) is 20.8 Å². The third-order valence-electron chi connectivity index (χ3n) is 3.57. The van der Waals surface area contributed by atoms with Crippen LogP contribution in [0.2, 0.25) is 0 Å². The van der Waals surface area contributed by atoms with E-state index in [1.165, 1.54) is 5.57 Å². The lowest BCUT2D eigenvalue weighted by Crippen LogP contribution is -2.33. The van der Waals surface area contributed by atoms with Crippen molar-refractivity contribution in [2.75, 3.05) is 5.75 Å². The van der Waals surface area contributed by atoms with Crippen LogP contribution in [0.1, 0.15) is 53.9 Å². The Morgan fingerprint density at radius 2 is 1.94 bits per heavy atom. The molecule has 2 N–H and O–H groups in total. The van der Waals surface area contributed by atoms with Crippen LogP contribution in [0.5, 0.6) is 0 Å². The maximum atomic E-state index is 12.1. The fourth-order valence-electron chi connectivity index (χ4n) is 2.49. The molecule has 0 amide bonds. The maximum absolute atomic E-state index is 12.1. The average molecular weight is 273 g/mol. The lowest BCUT2D eigenvalue weighted by atomic mass is 9.75. The van der Waals surface area contributed by atoms with E-state index >= 15 is 0 Å². The van der Waals surface area contributed by atoms with Gasteiger partial charge in [0.2, 0.25) is 0 Å². The molecule has 3 nitrogen and oxygen atoms in total. The summed E-state index contributed by atoms with van der Waals surface area (Å²) in [4.78, 5) is 0. The van der Waals surface area contributed by atoms with Gasteiger partial charge in [0.15, 0.2) is 9.84 Å². The number of nitrogens with two attached hydrogens (primary N) is 1. The summed E-state index contributed by atoms with van der Waals surface area (Å²) >= 11 is 0. The van der Waals surface area contributed by atoms with Gasteiger partial charge in [-0.25, -0.2) is 8.42 Å². The Bertz CT molecular complexity index is 427. The number of sulfone groups is 1. The Hall–Kier alpha value is -0.350. The first kappa shape index (κ1) is 15.7. The van der Waals surface area contributed by atoms with Crippen molar-refractivity contribution in [1.29, 1.82) is 0 Å². The molecule has 1 rings (SSSR count). The van der Waals surface area contributed by atoms with Crippen molar-refractivity contribution in [3.05, 3.63) is 11.6 Å². The first-order valence-corrected chi connectivity index (χ1v) is 8.26. The van der Waals surface area contributed by atoms with Crippen LogP contribution < -0.4 is 5.73 Å². The molecular weight excluding hydrogens is 246 g/mol. The molecule has 0 bridgehead atoms. The normalized spacial score (nSPS) is 24.8. The molecule has 106 valence electrons. The zero-order valence-corrected chi connectivity index (χ0v) is 13.1. The molecule has 1 unspecified atom stereocenters. The highest BCUT2D eigenvalue weighted by atomic mass is 32.2. The summed E-state index contributed by atoms with van der Waals surface area (Å²) in [5.41, 5.74) is 7.39. The molecule has 0 fully saturated rings. The van der Waals surface area contributed by atoms with Gasteiger partial charge in [0.05, 0.1) is 10.5 Å². The molecule has 0 spiro atoms. The van der Waals surface area contributed by atoms with Gasteiger partial charge in [0, 0.05) is 6.04 Å². The average Bonchev–Trinajstić information content (AvgIpc) is 2.09. The van der Waals surface area contributed by atoms with E-state index in [0.29, 0.717) is 6.42 Å². The van der Waals surface area contributed by atoms with Crippen molar-refractivity contribution in [2.24, 2.45) is 11.1 Å². The zero-order valence-electron chi connectivity index (χ0n) is 12.3. The van der Waals surface area contributed by atoms with Gasteiger partial charge in [-0.2, -0.15) is 0 Å². The number of allylic oxidation sites excluding steroid dienone is 1. The Kier molecular flexibility index (Phi) is 4.34. The number of hydrogen-bond donors (Lipinski definition) is 1. The van der Waals surface area contributed by atoms with Crippen LogP contribution in [0.3, 0.4) is 0 Å². The minimum Gasteiger partial charge on any atom is -0.324 e. The zero-order chi connectivity index (χ0) is 14.2. The van der Waals surface area contributed by atoms with E-state index < -0.39 is 14.6 Å².